The summed E-state index contributed by atoms with van der Waals surface area (Å²) in [6.45, 7) is 1.63. The van der Waals surface area contributed by atoms with Crippen molar-refractivity contribution in [3.8, 4) is 16.8 Å². The van der Waals surface area contributed by atoms with Crippen molar-refractivity contribution in [1.82, 2.24) is 9.24 Å². The third-order valence-electron chi connectivity index (χ3n) is 9.29. The average Bonchev–Trinajstić information content (AvgIpc) is 3.79. The molecule has 0 aliphatic carbocycles. The fourth-order valence-corrected chi connectivity index (χ4v) is 6.96. The van der Waals surface area contributed by atoms with E-state index in [0.29, 0.717) is 6.54 Å². The Bertz CT molecular complexity index is 2440. The van der Waals surface area contributed by atoms with Gasteiger partial charge in [-0.1, -0.05) is 90.5 Å². The van der Waals surface area contributed by atoms with E-state index in [9.17, 15) is 0 Å². The molecule has 0 spiro atoms. The molecule has 218 valence electrons. The lowest BCUT2D eigenvalue weighted by Gasteiger charge is -2.30. The van der Waals surface area contributed by atoms with Crippen molar-refractivity contribution in [3.05, 3.63) is 167 Å². The molecule has 2 N–H and O–H groups in total. The number of aromatic nitrogens is 1. The highest BCUT2D eigenvalue weighted by Crippen LogP contribution is 2.40. The highest BCUT2D eigenvalue weighted by atomic mass is 15.0. The first kappa shape index (κ1) is 26.5. The van der Waals surface area contributed by atoms with Crippen LogP contribution >= 0.6 is 0 Å². The van der Waals surface area contributed by atoms with E-state index >= 15 is 0 Å². The van der Waals surface area contributed by atoms with Gasteiger partial charge in [0.05, 0.1) is 22.8 Å². The van der Waals surface area contributed by atoms with Crippen LogP contribution < -0.4 is 9.98 Å². The molecule has 0 saturated carbocycles. The van der Waals surface area contributed by atoms with Crippen LogP contribution in [0.2, 0.25) is 0 Å². The van der Waals surface area contributed by atoms with Crippen LogP contribution in [0.25, 0.3) is 66.0 Å². The molecule has 0 saturated heterocycles. The molecule has 9 rings (SSSR count). The average molecular weight is 592 g/mol. The summed E-state index contributed by atoms with van der Waals surface area (Å²) in [4.78, 5) is 0. The minimum atomic E-state index is 0.662. The summed E-state index contributed by atoms with van der Waals surface area (Å²) in [7, 11) is 0. The molecule has 0 amide bonds. The van der Waals surface area contributed by atoms with E-state index in [4.69, 9.17) is 5.32 Å². The second-order valence-electron chi connectivity index (χ2n) is 12.0. The van der Waals surface area contributed by atoms with E-state index in [2.05, 4.69) is 148 Å². The third kappa shape index (κ3) is 4.48. The Morgan fingerprint density at radius 1 is 0.652 bits per heavy atom. The molecule has 0 fully saturated rings. The van der Waals surface area contributed by atoms with Gasteiger partial charge >= 0.3 is 0 Å². The maximum absolute atomic E-state index is 4.93. The maximum Gasteiger partial charge on any atom is 0.300 e. The van der Waals surface area contributed by atoms with Crippen molar-refractivity contribution in [2.75, 3.05) is 13.1 Å². The number of quaternary nitrogens is 1. The van der Waals surface area contributed by atoms with E-state index in [1.54, 1.807) is 0 Å². The SMILES string of the molecule is C1=C[NH2+]CC(c2cccc(-c3ccc4c5ccc6cc(C7=CC=C(C8=CC=[N+]=C8)C[N-]7)ccc6c5n(-c5ccccc5)c4c3)c2)=C1. The Labute approximate surface area is 267 Å². The van der Waals surface area contributed by atoms with Crippen LogP contribution in [0.1, 0.15) is 11.1 Å². The molecule has 4 nitrogen and oxygen atoms in total. The zero-order valence-corrected chi connectivity index (χ0v) is 25.3. The fraction of sp³-hybridized carbons (Fsp3) is 0.0476. The predicted octanol–water partition coefficient (Wildman–Crippen LogP) is 7.88. The van der Waals surface area contributed by atoms with E-state index in [1.807, 2.05) is 18.5 Å². The molecule has 4 heteroatoms. The van der Waals surface area contributed by atoms with Crippen LogP contribution in [-0.4, -0.2) is 30.1 Å². The zero-order valence-electron chi connectivity index (χ0n) is 25.3. The van der Waals surface area contributed by atoms with Crippen LogP contribution in [0.3, 0.4) is 0 Å². The lowest BCUT2D eigenvalue weighted by Crippen LogP contribution is -2.78. The number of nitrogens with two attached hydrogens (primary N) is 1. The maximum atomic E-state index is 4.93. The van der Waals surface area contributed by atoms with Gasteiger partial charge in [0, 0.05) is 33.5 Å². The minimum Gasteiger partial charge on any atom is -0.680 e. The molecule has 46 heavy (non-hydrogen) atoms. The van der Waals surface area contributed by atoms with Gasteiger partial charge in [0.1, 0.15) is 6.54 Å². The number of benzene rings is 5. The summed E-state index contributed by atoms with van der Waals surface area (Å²) in [5.41, 5.74) is 13.1. The number of fused-ring (bicyclic) bond motifs is 5. The van der Waals surface area contributed by atoms with E-state index in [-0.39, 0.29) is 0 Å². The van der Waals surface area contributed by atoms with Crippen molar-refractivity contribution < 1.29 is 5.32 Å². The summed E-state index contributed by atoms with van der Waals surface area (Å²) in [5, 5.41) is 12.1. The van der Waals surface area contributed by atoms with Crippen molar-refractivity contribution in [1.29, 1.82) is 0 Å². The Morgan fingerprint density at radius 2 is 1.50 bits per heavy atom. The highest BCUT2D eigenvalue weighted by Gasteiger charge is 2.17. The summed E-state index contributed by atoms with van der Waals surface area (Å²) in [5.74, 6) is 0. The first-order chi connectivity index (χ1) is 22.8. The van der Waals surface area contributed by atoms with Gasteiger partial charge in [0.15, 0.2) is 0 Å². The smallest absolute Gasteiger partial charge is 0.300 e. The Morgan fingerprint density at radius 3 is 2.33 bits per heavy atom. The summed E-state index contributed by atoms with van der Waals surface area (Å²) >= 11 is 0. The van der Waals surface area contributed by atoms with Crippen LogP contribution in [0.15, 0.2) is 151 Å². The van der Waals surface area contributed by atoms with E-state index in [1.165, 1.54) is 60.4 Å². The zero-order chi connectivity index (χ0) is 30.5. The fourth-order valence-electron chi connectivity index (χ4n) is 6.96. The second kappa shape index (κ2) is 10.9. The molecule has 0 unspecified atom stereocenters. The van der Waals surface area contributed by atoms with Crippen LogP contribution in [0.4, 0.5) is 0 Å². The standard InChI is InChI=1S/C42H30N4/c1-2-9-36(10-3-1)46-41-24-30(28-6-4-7-29(22-28)33-8-5-20-43-25-33)11-16-38(41)39-17-12-31-23-32(13-15-37(31)42(39)46)40-18-14-34(27-45-40)35-19-21-44-26-35/h1-24,26,43H,25,27H2/p+1. The molecule has 6 aromatic rings. The van der Waals surface area contributed by atoms with E-state index in [0.717, 1.165) is 29.1 Å². The Kier molecular flexibility index (Phi) is 6.27. The van der Waals surface area contributed by atoms with Crippen LogP contribution in [0.5, 0.6) is 0 Å². The van der Waals surface area contributed by atoms with E-state index < -0.39 is 0 Å². The highest BCUT2D eigenvalue weighted by molar-refractivity contribution is 6.19. The quantitative estimate of drug-likeness (QED) is 0.198. The Balaban J connectivity index is 1.19. The number of hydrogen-bond acceptors (Lipinski definition) is 0. The topological polar surface area (TPSA) is 49.7 Å². The first-order valence-corrected chi connectivity index (χ1v) is 15.8. The third-order valence-corrected chi connectivity index (χ3v) is 9.29. The molecule has 0 bridgehead atoms. The van der Waals surface area contributed by atoms with Gasteiger partial charge in [-0.25, -0.2) is 0 Å². The van der Waals surface area contributed by atoms with Crippen LogP contribution in [-0.2, 0) is 0 Å². The molecule has 0 atom stereocenters. The van der Waals surface area contributed by atoms with Gasteiger partial charge in [-0.15, -0.1) is 16.9 Å². The first-order valence-electron chi connectivity index (χ1n) is 15.8. The second-order valence-corrected chi connectivity index (χ2v) is 12.0. The van der Waals surface area contributed by atoms with Crippen molar-refractivity contribution in [3.63, 3.8) is 0 Å². The lowest BCUT2D eigenvalue weighted by atomic mass is 9.97. The summed E-state index contributed by atoms with van der Waals surface area (Å²) in [6.07, 6.45) is 16.5. The van der Waals surface area contributed by atoms with Gasteiger partial charge in [0.2, 0.25) is 0 Å². The minimum absolute atomic E-state index is 0.662. The monoisotopic (exact) mass is 591 g/mol. The van der Waals surface area contributed by atoms with Gasteiger partial charge in [-0.05, 0) is 70.1 Å². The molecular weight excluding hydrogens is 560 g/mol. The molecular formula is C42H31N4+. The molecule has 4 heterocycles. The summed E-state index contributed by atoms with van der Waals surface area (Å²) in [6, 6.07) is 37.9. The van der Waals surface area contributed by atoms with Gasteiger partial charge in [-0.3, -0.25) is 0 Å². The number of allylic oxidation sites excluding steroid dienone is 5. The Hall–Kier alpha value is -5.93. The molecule has 0 radical (unpaired) electrons. The normalized spacial score (nSPS) is 15.7. The number of rotatable bonds is 5. The van der Waals surface area contributed by atoms with Crippen molar-refractivity contribution in [2.24, 2.45) is 0 Å². The van der Waals surface area contributed by atoms with Gasteiger partial charge in [0.25, 0.3) is 12.4 Å². The largest absolute Gasteiger partial charge is 0.680 e. The number of para-hydroxylation sites is 1. The molecule has 1 aromatic heterocycles. The van der Waals surface area contributed by atoms with Gasteiger partial charge in [-0.2, -0.15) is 0 Å². The lowest BCUT2D eigenvalue weighted by molar-refractivity contribution is -0.576. The molecule has 3 aliphatic rings. The van der Waals surface area contributed by atoms with Gasteiger partial charge < -0.3 is 15.2 Å². The summed E-state index contributed by atoms with van der Waals surface area (Å²) < 4.78 is 6.65. The van der Waals surface area contributed by atoms with Crippen LogP contribution in [0, 0.1) is 0 Å². The number of nitrogens with zero attached hydrogens (tertiary/aromatic N) is 3. The molecule has 3 aliphatic heterocycles. The van der Waals surface area contributed by atoms with Crippen molar-refractivity contribution in [2.45, 2.75) is 0 Å². The van der Waals surface area contributed by atoms with Crippen molar-refractivity contribution >= 4 is 56.3 Å². The molecule has 5 aromatic carbocycles. The predicted molar refractivity (Wildman–Crippen MR) is 194 cm³/mol. The number of hydrogen-bond donors (Lipinski definition) is 1.